The van der Waals surface area contributed by atoms with E-state index in [0.29, 0.717) is 0 Å². The third-order valence-electron chi connectivity index (χ3n) is 4.22. The molecule has 2 aromatic carbocycles. The molecule has 0 saturated heterocycles. The summed E-state index contributed by atoms with van der Waals surface area (Å²) in [6.45, 7) is 2.18. The van der Waals surface area contributed by atoms with Gasteiger partial charge >= 0.3 is 0 Å². The van der Waals surface area contributed by atoms with E-state index in [1.807, 2.05) is 0 Å². The Morgan fingerprint density at radius 3 is 2.65 bits per heavy atom. The van der Waals surface area contributed by atoms with E-state index >= 15 is 0 Å². The normalized spacial score (nSPS) is 14.5. The summed E-state index contributed by atoms with van der Waals surface area (Å²) in [5.41, 5.74) is 2.64. The van der Waals surface area contributed by atoms with E-state index in [0.717, 1.165) is 33.7 Å². The minimum atomic E-state index is 0.743. The number of rotatable bonds is 5. The minimum absolute atomic E-state index is 0.743. The summed E-state index contributed by atoms with van der Waals surface area (Å²) in [6, 6.07) is 13.2. The van der Waals surface area contributed by atoms with Gasteiger partial charge in [-0.25, -0.2) is 0 Å². The molecule has 0 atom stereocenters. The molecule has 1 heterocycles. The molecular weight excluding hydrogens is 370 g/mol. The summed E-state index contributed by atoms with van der Waals surface area (Å²) >= 11 is 5.32. The van der Waals surface area contributed by atoms with Crippen LogP contribution in [0.4, 0.5) is 0 Å². The molecule has 0 spiro atoms. The van der Waals surface area contributed by atoms with Crippen molar-refractivity contribution in [2.45, 2.75) is 37.3 Å². The molecule has 0 radical (unpaired) electrons. The van der Waals surface area contributed by atoms with Gasteiger partial charge in [0, 0.05) is 11.1 Å². The topological polar surface area (TPSA) is 30.7 Å². The third kappa shape index (κ3) is 2.81. The Kier molecular flexibility index (Phi) is 4.16. The van der Waals surface area contributed by atoms with E-state index in [2.05, 4.69) is 74.0 Å². The van der Waals surface area contributed by atoms with Crippen molar-refractivity contribution in [3.63, 3.8) is 0 Å². The second-order valence-corrected chi connectivity index (χ2v) is 7.70. The maximum atomic E-state index is 4.34. The Bertz CT molecular complexity index is 855. The van der Waals surface area contributed by atoms with Crippen LogP contribution >= 0.6 is 27.7 Å². The van der Waals surface area contributed by atoms with Crippen molar-refractivity contribution >= 4 is 38.5 Å². The quantitative estimate of drug-likeness (QED) is 0.536. The zero-order valence-corrected chi connectivity index (χ0v) is 15.4. The first-order chi connectivity index (χ1) is 11.3. The van der Waals surface area contributed by atoms with Crippen LogP contribution in [-0.2, 0) is 0 Å². The van der Waals surface area contributed by atoms with Gasteiger partial charge in [-0.1, -0.05) is 49.0 Å². The van der Waals surface area contributed by atoms with Gasteiger partial charge in [0.1, 0.15) is 0 Å². The molecule has 1 aliphatic rings. The van der Waals surface area contributed by atoms with Crippen LogP contribution in [0.2, 0.25) is 0 Å². The van der Waals surface area contributed by atoms with Gasteiger partial charge in [0.15, 0.2) is 5.16 Å². The fraction of sp³-hybridized carbons (Fsp3) is 0.333. The maximum Gasteiger partial charge on any atom is 0.205 e. The fourth-order valence-corrected chi connectivity index (χ4v) is 4.35. The molecule has 1 fully saturated rings. The monoisotopic (exact) mass is 387 g/mol. The van der Waals surface area contributed by atoms with E-state index < -0.39 is 0 Å². The summed E-state index contributed by atoms with van der Waals surface area (Å²) in [7, 11) is 0. The van der Waals surface area contributed by atoms with Crippen molar-refractivity contribution in [1.29, 1.82) is 0 Å². The van der Waals surface area contributed by atoms with E-state index in [4.69, 9.17) is 0 Å². The third-order valence-corrected chi connectivity index (χ3v) is 5.87. The van der Waals surface area contributed by atoms with Gasteiger partial charge in [-0.05, 0) is 58.1 Å². The summed E-state index contributed by atoms with van der Waals surface area (Å²) in [4.78, 5) is 0. The predicted octanol–water partition coefficient (Wildman–Crippen LogP) is 5.56. The molecule has 5 heteroatoms. The second kappa shape index (κ2) is 6.29. The molecule has 23 heavy (non-hydrogen) atoms. The lowest BCUT2D eigenvalue weighted by molar-refractivity contribution is 0.879. The molecule has 0 amide bonds. The number of thioether (sulfide) groups is 1. The highest BCUT2D eigenvalue weighted by atomic mass is 79.9. The van der Waals surface area contributed by atoms with Gasteiger partial charge in [0.25, 0.3) is 0 Å². The number of nitrogens with zero attached hydrogens (tertiary/aromatic N) is 3. The average Bonchev–Trinajstić information content (AvgIpc) is 3.36. The molecule has 1 aliphatic carbocycles. The Morgan fingerprint density at radius 2 is 1.91 bits per heavy atom. The van der Waals surface area contributed by atoms with E-state index in [1.165, 1.54) is 29.2 Å². The van der Waals surface area contributed by atoms with Crippen molar-refractivity contribution in [2.24, 2.45) is 0 Å². The lowest BCUT2D eigenvalue weighted by atomic mass is 9.99. The highest BCUT2D eigenvalue weighted by molar-refractivity contribution is 9.10. The van der Waals surface area contributed by atoms with Crippen molar-refractivity contribution in [1.82, 2.24) is 14.8 Å². The van der Waals surface area contributed by atoms with Crippen molar-refractivity contribution in [2.75, 3.05) is 5.75 Å². The smallest absolute Gasteiger partial charge is 0.205 e. The van der Waals surface area contributed by atoms with Gasteiger partial charge in [-0.3, -0.25) is 4.57 Å². The highest BCUT2D eigenvalue weighted by Gasteiger charge is 2.26. The molecule has 0 bridgehead atoms. The van der Waals surface area contributed by atoms with Crippen molar-refractivity contribution < 1.29 is 0 Å². The standard InChI is InChI=1S/C18H18BrN3S/c1-2-11-23-18-21-20-17(19)22(18)16-10-9-13(12-7-8-12)14-5-3-4-6-15(14)16/h3-6,9-10,12H,2,7-8,11H2,1H3. The van der Waals surface area contributed by atoms with Gasteiger partial charge < -0.3 is 0 Å². The molecule has 1 saturated carbocycles. The Morgan fingerprint density at radius 1 is 1.13 bits per heavy atom. The maximum absolute atomic E-state index is 4.34. The molecule has 1 aromatic heterocycles. The Labute approximate surface area is 148 Å². The van der Waals surface area contributed by atoms with Crippen molar-refractivity contribution in [3.8, 4) is 5.69 Å². The van der Waals surface area contributed by atoms with Crippen LogP contribution in [0.3, 0.4) is 0 Å². The van der Waals surface area contributed by atoms with Gasteiger partial charge in [0.2, 0.25) is 4.73 Å². The summed E-state index contributed by atoms with van der Waals surface area (Å²) in [6.07, 6.45) is 3.76. The number of benzene rings is 2. The number of aromatic nitrogens is 3. The number of halogens is 1. The first-order valence-electron chi connectivity index (χ1n) is 8.05. The molecule has 0 aliphatic heterocycles. The second-order valence-electron chi connectivity index (χ2n) is 5.93. The first kappa shape index (κ1) is 15.2. The number of hydrogen-bond donors (Lipinski definition) is 0. The highest BCUT2D eigenvalue weighted by Crippen LogP contribution is 2.44. The molecule has 118 valence electrons. The fourth-order valence-electron chi connectivity index (χ4n) is 2.99. The summed E-state index contributed by atoms with van der Waals surface area (Å²) < 4.78 is 2.89. The molecule has 0 unspecified atom stereocenters. The SMILES string of the molecule is CCCSc1nnc(Br)n1-c1ccc(C2CC2)c2ccccc12. The van der Waals surface area contributed by atoms with E-state index in [-0.39, 0.29) is 0 Å². The Balaban J connectivity index is 1.90. The largest absolute Gasteiger partial charge is 0.264 e. The van der Waals surface area contributed by atoms with Crippen LogP contribution in [0.5, 0.6) is 0 Å². The lowest BCUT2D eigenvalue weighted by Crippen LogP contribution is -2.00. The van der Waals surface area contributed by atoms with Crippen LogP contribution in [0, 0.1) is 0 Å². The predicted molar refractivity (Wildman–Crippen MR) is 99.6 cm³/mol. The lowest BCUT2D eigenvalue weighted by Gasteiger charge is -2.13. The average molecular weight is 388 g/mol. The van der Waals surface area contributed by atoms with Gasteiger partial charge in [0.05, 0.1) is 5.69 Å². The Hall–Kier alpha value is -1.33. The molecule has 4 rings (SSSR count). The van der Waals surface area contributed by atoms with E-state index in [1.54, 1.807) is 11.8 Å². The molecular formula is C18H18BrN3S. The zero-order valence-electron chi connectivity index (χ0n) is 13.0. The van der Waals surface area contributed by atoms with Crippen LogP contribution < -0.4 is 0 Å². The van der Waals surface area contributed by atoms with Gasteiger partial charge in [-0.15, -0.1) is 10.2 Å². The minimum Gasteiger partial charge on any atom is -0.264 e. The van der Waals surface area contributed by atoms with Crippen LogP contribution in [0.1, 0.15) is 37.7 Å². The first-order valence-corrected chi connectivity index (χ1v) is 9.83. The van der Waals surface area contributed by atoms with Crippen LogP contribution in [-0.4, -0.2) is 20.5 Å². The van der Waals surface area contributed by atoms with Crippen molar-refractivity contribution in [3.05, 3.63) is 46.7 Å². The van der Waals surface area contributed by atoms with Gasteiger partial charge in [-0.2, -0.15) is 0 Å². The molecule has 0 N–H and O–H groups in total. The van der Waals surface area contributed by atoms with E-state index in [9.17, 15) is 0 Å². The number of fused-ring (bicyclic) bond motifs is 1. The number of hydrogen-bond acceptors (Lipinski definition) is 3. The molecule has 3 aromatic rings. The summed E-state index contributed by atoms with van der Waals surface area (Å²) in [5.74, 6) is 1.79. The summed E-state index contributed by atoms with van der Waals surface area (Å²) in [5, 5.41) is 12.1. The zero-order chi connectivity index (χ0) is 15.8. The van der Waals surface area contributed by atoms with Crippen LogP contribution in [0.25, 0.3) is 16.5 Å². The molecule has 3 nitrogen and oxygen atoms in total. The van der Waals surface area contributed by atoms with Crippen LogP contribution in [0.15, 0.2) is 46.3 Å².